The Morgan fingerprint density at radius 3 is 2.76 bits per heavy atom. The van der Waals surface area contributed by atoms with Gasteiger partial charge in [0, 0.05) is 17.1 Å². The number of aromatic nitrogens is 2. The van der Waals surface area contributed by atoms with Gasteiger partial charge in [0.1, 0.15) is 0 Å². The first kappa shape index (κ1) is 14.4. The van der Waals surface area contributed by atoms with Crippen LogP contribution in [0.1, 0.15) is 17.4 Å². The Hall–Kier alpha value is -1.54. The van der Waals surface area contributed by atoms with E-state index in [1.807, 2.05) is 0 Å². The van der Waals surface area contributed by atoms with Gasteiger partial charge in [-0.3, -0.25) is 0 Å². The fourth-order valence-electron chi connectivity index (χ4n) is 2.12. The highest BCUT2D eigenvalue weighted by molar-refractivity contribution is 7.99. The second kappa shape index (κ2) is 5.34. The van der Waals surface area contributed by atoms with Gasteiger partial charge in [-0.2, -0.15) is 29.9 Å². The van der Waals surface area contributed by atoms with E-state index in [-0.39, 0.29) is 23.2 Å². The summed E-state index contributed by atoms with van der Waals surface area (Å²) in [6.45, 7) is 0. The van der Waals surface area contributed by atoms with Crippen LogP contribution in [-0.4, -0.2) is 32.9 Å². The zero-order chi connectivity index (χ0) is 15.0. The van der Waals surface area contributed by atoms with Gasteiger partial charge in [0.05, 0.1) is 17.6 Å². The van der Waals surface area contributed by atoms with Gasteiger partial charge in [-0.1, -0.05) is 17.3 Å². The third kappa shape index (κ3) is 2.91. The normalized spacial score (nSPS) is 22.7. The highest BCUT2D eigenvalue weighted by Gasteiger charge is 2.33. The summed E-state index contributed by atoms with van der Waals surface area (Å²) in [5.74, 6) is 1.35. The quantitative estimate of drug-likeness (QED) is 0.923. The molecule has 2 unspecified atom stereocenters. The van der Waals surface area contributed by atoms with Crippen LogP contribution < -0.4 is 0 Å². The van der Waals surface area contributed by atoms with Crippen LogP contribution in [0.25, 0.3) is 11.4 Å². The minimum Gasteiger partial charge on any atom is -0.391 e. The lowest BCUT2D eigenvalue weighted by Crippen LogP contribution is -2.15. The number of halogens is 3. The van der Waals surface area contributed by atoms with Crippen molar-refractivity contribution in [2.75, 3.05) is 11.5 Å². The lowest BCUT2D eigenvalue weighted by atomic mass is 10.1. The lowest BCUT2D eigenvalue weighted by molar-refractivity contribution is -0.137. The average Bonchev–Trinajstić information content (AvgIpc) is 3.06. The number of hydrogen-bond acceptors (Lipinski definition) is 5. The topological polar surface area (TPSA) is 59.2 Å². The van der Waals surface area contributed by atoms with Gasteiger partial charge in [0.25, 0.3) is 0 Å². The number of aliphatic hydroxyl groups excluding tert-OH is 1. The summed E-state index contributed by atoms with van der Waals surface area (Å²) in [5.41, 5.74) is -0.525. The maximum atomic E-state index is 12.7. The minimum absolute atomic E-state index is 0.0974. The predicted molar refractivity (Wildman–Crippen MR) is 70.8 cm³/mol. The molecule has 1 N–H and O–H groups in total. The number of aliphatic hydroxyl groups is 1. The van der Waals surface area contributed by atoms with Crippen LogP contribution >= 0.6 is 11.8 Å². The Balaban J connectivity index is 1.90. The van der Waals surface area contributed by atoms with E-state index in [1.54, 1.807) is 11.8 Å². The number of hydrogen-bond donors (Lipinski definition) is 1. The fraction of sp³-hybridized carbons (Fsp3) is 0.385. The van der Waals surface area contributed by atoms with E-state index in [0.29, 0.717) is 11.5 Å². The molecule has 0 radical (unpaired) electrons. The minimum atomic E-state index is -4.42. The Bertz CT molecular complexity index is 644. The number of nitrogens with zero attached hydrogens (tertiary/aromatic N) is 2. The number of thioether (sulfide) groups is 1. The zero-order valence-corrected chi connectivity index (χ0v) is 11.5. The molecule has 1 aliphatic rings. The Kier molecular flexibility index (Phi) is 3.66. The SMILES string of the molecule is OC1CSCC1c1nc(-c2cccc(C(F)(F)F)c2)no1. The second-order valence-corrected chi connectivity index (χ2v) is 5.82. The smallest absolute Gasteiger partial charge is 0.391 e. The van der Waals surface area contributed by atoms with Gasteiger partial charge in [0.2, 0.25) is 11.7 Å². The largest absolute Gasteiger partial charge is 0.416 e. The van der Waals surface area contributed by atoms with Crippen LogP contribution in [0.3, 0.4) is 0 Å². The van der Waals surface area contributed by atoms with E-state index >= 15 is 0 Å². The predicted octanol–water partition coefficient (Wildman–Crippen LogP) is 2.95. The molecule has 0 bridgehead atoms. The molecule has 2 aromatic rings. The molecule has 0 amide bonds. The third-order valence-corrected chi connectivity index (χ3v) is 4.43. The number of rotatable bonds is 2. The van der Waals surface area contributed by atoms with E-state index in [9.17, 15) is 18.3 Å². The van der Waals surface area contributed by atoms with Crippen molar-refractivity contribution in [3.05, 3.63) is 35.7 Å². The lowest BCUT2D eigenvalue weighted by Gasteiger charge is -2.07. The van der Waals surface area contributed by atoms with Crippen LogP contribution in [0, 0.1) is 0 Å². The van der Waals surface area contributed by atoms with Crippen LogP contribution in [-0.2, 0) is 6.18 Å². The van der Waals surface area contributed by atoms with Gasteiger partial charge < -0.3 is 9.63 Å². The monoisotopic (exact) mass is 316 g/mol. The van der Waals surface area contributed by atoms with Crippen molar-refractivity contribution in [2.45, 2.75) is 18.2 Å². The highest BCUT2D eigenvalue weighted by atomic mass is 32.2. The summed E-state index contributed by atoms with van der Waals surface area (Å²) in [4.78, 5) is 4.12. The molecule has 0 aliphatic carbocycles. The molecule has 0 spiro atoms. The van der Waals surface area contributed by atoms with E-state index in [4.69, 9.17) is 4.52 Å². The van der Waals surface area contributed by atoms with Crippen LogP contribution in [0.4, 0.5) is 13.2 Å². The average molecular weight is 316 g/mol. The molecule has 2 atom stereocenters. The maximum Gasteiger partial charge on any atom is 0.416 e. The molecular formula is C13H11F3N2O2S. The van der Waals surface area contributed by atoms with E-state index in [0.717, 1.165) is 12.1 Å². The first-order valence-electron chi connectivity index (χ1n) is 6.22. The molecule has 112 valence electrons. The molecule has 2 heterocycles. The third-order valence-electron chi connectivity index (χ3n) is 3.26. The van der Waals surface area contributed by atoms with Crippen molar-refractivity contribution in [1.29, 1.82) is 0 Å². The first-order valence-corrected chi connectivity index (χ1v) is 7.37. The van der Waals surface area contributed by atoms with Gasteiger partial charge in [-0.05, 0) is 12.1 Å². The van der Waals surface area contributed by atoms with Gasteiger partial charge in [-0.15, -0.1) is 0 Å². The van der Waals surface area contributed by atoms with Gasteiger partial charge >= 0.3 is 6.18 Å². The van der Waals surface area contributed by atoms with Crippen molar-refractivity contribution < 1.29 is 22.8 Å². The highest BCUT2D eigenvalue weighted by Crippen LogP contribution is 2.34. The van der Waals surface area contributed by atoms with E-state index in [2.05, 4.69) is 10.1 Å². The van der Waals surface area contributed by atoms with Crippen molar-refractivity contribution in [3.8, 4) is 11.4 Å². The summed E-state index contributed by atoms with van der Waals surface area (Å²) >= 11 is 1.57. The molecular weight excluding hydrogens is 305 g/mol. The summed E-state index contributed by atoms with van der Waals surface area (Å²) in [5, 5.41) is 13.5. The van der Waals surface area contributed by atoms with Crippen LogP contribution in [0.2, 0.25) is 0 Å². The maximum absolute atomic E-state index is 12.7. The number of benzene rings is 1. The molecule has 0 saturated carbocycles. The van der Waals surface area contributed by atoms with Crippen molar-refractivity contribution in [2.24, 2.45) is 0 Å². The summed E-state index contributed by atoms with van der Waals surface area (Å²) in [7, 11) is 0. The van der Waals surface area contributed by atoms with E-state index in [1.165, 1.54) is 12.1 Å². The fourth-order valence-corrected chi connectivity index (χ4v) is 3.35. The molecule has 8 heteroatoms. The van der Waals surface area contributed by atoms with E-state index < -0.39 is 17.8 Å². The number of alkyl halides is 3. The Morgan fingerprint density at radius 2 is 2.10 bits per heavy atom. The molecule has 4 nitrogen and oxygen atoms in total. The molecule has 1 fully saturated rings. The second-order valence-electron chi connectivity index (χ2n) is 4.75. The summed E-state index contributed by atoms with van der Waals surface area (Å²) < 4.78 is 43.1. The molecule has 1 aromatic carbocycles. The Labute approximate surface area is 122 Å². The first-order chi connectivity index (χ1) is 9.95. The molecule has 1 aliphatic heterocycles. The summed E-state index contributed by atoms with van der Waals surface area (Å²) in [6, 6.07) is 4.76. The molecule has 1 saturated heterocycles. The molecule has 3 rings (SSSR count). The zero-order valence-electron chi connectivity index (χ0n) is 10.7. The van der Waals surface area contributed by atoms with Gasteiger partial charge in [-0.25, -0.2) is 0 Å². The molecule has 1 aromatic heterocycles. The molecule has 21 heavy (non-hydrogen) atoms. The van der Waals surface area contributed by atoms with Crippen LogP contribution in [0.5, 0.6) is 0 Å². The van der Waals surface area contributed by atoms with Crippen molar-refractivity contribution in [3.63, 3.8) is 0 Å². The van der Waals surface area contributed by atoms with Crippen molar-refractivity contribution in [1.82, 2.24) is 10.1 Å². The standard InChI is InChI=1S/C13H11F3N2O2S/c14-13(15,16)8-3-1-2-7(4-8)11-17-12(20-18-11)9-5-21-6-10(9)19/h1-4,9-10,19H,5-6H2. The Morgan fingerprint density at radius 1 is 1.29 bits per heavy atom. The van der Waals surface area contributed by atoms with Gasteiger partial charge in [0.15, 0.2) is 0 Å². The van der Waals surface area contributed by atoms with Crippen LogP contribution in [0.15, 0.2) is 28.8 Å². The van der Waals surface area contributed by atoms with Crippen molar-refractivity contribution >= 4 is 11.8 Å². The summed E-state index contributed by atoms with van der Waals surface area (Å²) in [6.07, 6.45) is -4.98.